The standard InChI is InChI=1S/C11H17NO3.C6H6O/c1-7-6-8-4-3-5-9(11(14)15-2)12(8)10(7)13;7-6-4-2-1-3-5-6/h7-9H,3-6H2,1-2H3;1-5,7H. The third-order valence-corrected chi connectivity index (χ3v) is 4.28. The van der Waals surface area contributed by atoms with E-state index in [0.717, 1.165) is 25.7 Å². The van der Waals surface area contributed by atoms with Gasteiger partial charge in [0.15, 0.2) is 0 Å². The van der Waals surface area contributed by atoms with Gasteiger partial charge in [0.1, 0.15) is 11.8 Å². The Labute approximate surface area is 130 Å². The fourth-order valence-corrected chi connectivity index (χ4v) is 3.20. The highest BCUT2D eigenvalue weighted by atomic mass is 16.5. The first-order valence-electron chi connectivity index (χ1n) is 7.68. The molecule has 1 aromatic carbocycles. The SMILES string of the molecule is COC(=O)C1CCCC2CC(C)C(=O)N21.Oc1ccccc1. The molecule has 5 heteroatoms. The molecular weight excluding hydrogens is 282 g/mol. The highest BCUT2D eigenvalue weighted by molar-refractivity contribution is 5.87. The van der Waals surface area contributed by atoms with Crippen molar-refractivity contribution in [3.8, 4) is 5.75 Å². The van der Waals surface area contributed by atoms with Crippen LogP contribution in [0.2, 0.25) is 0 Å². The van der Waals surface area contributed by atoms with Gasteiger partial charge in [0, 0.05) is 12.0 Å². The molecule has 22 heavy (non-hydrogen) atoms. The zero-order valence-electron chi connectivity index (χ0n) is 13.1. The molecule has 3 atom stereocenters. The van der Waals surface area contributed by atoms with Gasteiger partial charge in [-0.1, -0.05) is 25.1 Å². The van der Waals surface area contributed by atoms with Gasteiger partial charge >= 0.3 is 5.97 Å². The molecule has 2 aliphatic rings. The van der Waals surface area contributed by atoms with E-state index in [1.165, 1.54) is 7.11 Å². The number of hydrogen-bond donors (Lipinski definition) is 1. The summed E-state index contributed by atoms with van der Waals surface area (Å²) in [6.07, 6.45) is 3.69. The number of phenols is 1. The first-order valence-corrected chi connectivity index (χ1v) is 7.68. The van der Waals surface area contributed by atoms with Crippen LogP contribution in [0, 0.1) is 5.92 Å². The minimum Gasteiger partial charge on any atom is -0.508 e. The van der Waals surface area contributed by atoms with Crippen molar-refractivity contribution < 1.29 is 19.4 Å². The van der Waals surface area contributed by atoms with Gasteiger partial charge in [0.25, 0.3) is 0 Å². The van der Waals surface area contributed by atoms with E-state index in [0.29, 0.717) is 5.75 Å². The maximum atomic E-state index is 11.9. The number of nitrogens with zero attached hydrogens (tertiary/aromatic N) is 1. The average molecular weight is 305 g/mol. The maximum Gasteiger partial charge on any atom is 0.328 e. The molecule has 2 saturated heterocycles. The molecule has 2 aliphatic heterocycles. The zero-order valence-corrected chi connectivity index (χ0v) is 13.1. The Morgan fingerprint density at radius 3 is 2.50 bits per heavy atom. The molecule has 0 saturated carbocycles. The van der Waals surface area contributed by atoms with E-state index < -0.39 is 0 Å². The Morgan fingerprint density at radius 1 is 1.27 bits per heavy atom. The Kier molecular flexibility index (Phi) is 5.41. The van der Waals surface area contributed by atoms with Crippen LogP contribution in [0.25, 0.3) is 0 Å². The van der Waals surface area contributed by atoms with E-state index in [4.69, 9.17) is 9.84 Å². The third-order valence-electron chi connectivity index (χ3n) is 4.28. The molecule has 1 amide bonds. The Balaban J connectivity index is 0.000000211. The van der Waals surface area contributed by atoms with Crippen molar-refractivity contribution in [3.05, 3.63) is 30.3 Å². The molecule has 2 heterocycles. The average Bonchev–Trinajstić information content (AvgIpc) is 2.83. The van der Waals surface area contributed by atoms with Crippen LogP contribution < -0.4 is 0 Å². The van der Waals surface area contributed by atoms with Crippen molar-refractivity contribution in [2.24, 2.45) is 5.92 Å². The van der Waals surface area contributed by atoms with Crippen LogP contribution in [0.15, 0.2) is 30.3 Å². The van der Waals surface area contributed by atoms with Gasteiger partial charge < -0.3 is 14.7 Å². The summed E-state index contributed by atoms with van der Waals surface area (Å²) in [5.74, 6) is 0.250. The van der Waals surface area contributed by atoms with Crippen molar-refractivity contribution in [3.63, 3.8) is 0 Å². The van der Waals surface area contributed by atoms with Gasteiger partial charge in [0.2, 0.25) is 5.91 Å². The summed E-state index contributed by atoms with van der Waals surface area (Å²) < 4.78 is 4.75. The number of carbonyl (C=O) groups is 2. The molecule has 2 fully saturated rings. The molecule has 0 aliphatic carbocycles. The van der Waals surface area contributed by atoms with Gasteiger partial charge in [-0.3, -0.25) is 4.79 Å². The van der Waals surface area contributed by atoms with E-state index >= 15 is 0 Å². The first-order chi connectivity index (χ1) is 10.5. The van der Waals surface area contributed by atoms with Gasteiger partial charge in [-0.05, 0) is 37.8 Å². The van der Waals surface area contributed by atoms with Gasteiger partial charge in [-0.15, -0.1) is 0 Å². The molecule has 1 N–H and O–H groups in total. The number of aromatic hydroxyl groups is 1. The Bertz CT molecular complexity index is 517. The Morgan fingerprint density at radius 2 is 1.95 bits per heavy atom. The summed E-state index contributed by atoms with van der Waals surface area (Å²) in [7, 11) is 1.38. The lowest BCUT2D eigenvalue weighted by atomic mass is 9.96. The number of benzene rings is 1. The Hall–Kier alpha value is -2.04. The van der Waals surface area contributed by atoms with Gasteiger partial charge in [-0.25, -0.2) is 4.79 Å². The molecule has 0 spiro atoms. The molecule has 3 unspecified atom stereocenters. The summed E-state index contributed by atoms with van der Waals surface area (Å²) in [4.78, 5) is 25.2. The fraction of sp³-hybridized carbons (Fsp3) is 0.529. The number of phenolic OH excluding ortho intramolecular Hbond substituents is 1. The summed E-state index contributed by atoms with van der Waals surface area (Å²) >= 11 is 0. The van der Waals surface area contributed by atoms with E-state index in [1.54, 1.807) is 29.2 Å². The largest absolute Gasteiger partial charge is 0.508 e. The highest BCUT2D eigenvalue weighted by Gasteiger charge is 2.45. The highest BCUT2D eigenvalue weighted by Crippen LogP contribution is 2.35. The van der Waals surface area contributed by atoms with Crippen LogP contribution in [-0.2, 0) is 14.3 Å². The fourth-order valence-electron chi connectivity index (χ4n) is 3.20. The van der Waals surface area contributed by atoms with Gasteiger partial charge in [-0.2, -0.15) is 0 Å². The first kappa shape index (κ1) is 16.3. The third kappa shape index (κ3) is 3.59. The second kappa shape index (κ2) is 7.29. The summed E-state index contributed by atoms with van der Waals surface area (Å²) in [5, 5.41) is 8.63. The number of fused-ring (bicyclic) bond motifs is 1. The number of para-hydroxylation sites is 1. The van der Waals surface area contributed by atoms with Crippen molar-refractivity contribution in [1.82, 2.24) is 4.90 Å². The van der Waals surface area contributed by atoms with Crippen LogP contribution in [0.5, 0.6) is 5.75 Å². The van der Waals surface area contributed by atoms with E-state index in [1.807, 2.05) is 13.0 Å². The van der Waals surface area contributed by atoms with Crippen LogP contribution in [0.4, 0.5) is 0 Å². The van der Waals surface area contributed by atoms with Gasteiger partial charge in [0.05, 0.1) is 7.11 Å². The topological polar surface area (TPSA) is 66.8 Å². The number of methoxy groups -OCH3 is 1. The van der Waals surface area contributed by atoms with E-state index in [9.17, 15) is 9.59 Å². The summed E-state index contributed by atoms with van der Waals surface area (Å²) in [5.41, 5.74) is 0. The number of carbonyl (C=O) groups excluding carboxylic acids is 2. The number of piperidine rings is 1. The van der Waals surface area contributed by atoms with Crippen molar-refractivity contribution >= 4 is 11.9 Å². The van der Waals surface area contributed by atoms with Crippen molar-refractivity contribution in [2.45, 2.75) is 44.7 Å². The molecular formula is C17H23NO4. The second-order valence-electron chi connectivity index (χ2n) is 5.84. The van der Waals surface area contributed by atoms with E-state index in [-0.39, 0.29) is 29.9 Å². The molecule has 1 aromatic rings. The minimum absolute atomic E-state index is 0.0697. The normalized spacial score (nSPS) is 26.7. The summed E-state index contributed by atoms with van der Waals surface area (Å²) in [6.45, 7) is 1.94. The molecule has 0 radical (unpaired) electrons. The van der Waals surface area contributed by atoms with Crippen LogP contribution >= 0.6 is 0 Å². The molecule has 5 nitrogen and oxygen atoms in total. The van der Waals surface area contributed by atoms with Crippen LogP contribution in [0.3, 0.4) is 0 Å². The van der Waals surface area contributed by atoms with Crippen molar-refractivity contribution in [1.29, 1.82) is 0 Å². The zero-order chi connectivity index (χ0) is 16.1. The lowest BCUT2D eigenvalue weighted by molar-refractivity contribution is -0.155. The molecule has 3 rings (SSSR count). The predicted octanol–water partition coefficient (Wildman–Crippen LogP) is 2.34. The minimum atomic E-state index is -0.328. The molecule has 0 aromatic heterocycles. The number of rotatable bonds is 1. The second-order valence-corrected chi connectivity index (χ2v) is 5.84. The maximum absolute atomic E-state index is 11.9. The van der Waals surface area contributed by atoms with Crippen LogP contribution in [-0.4, -0.2) is 41.1 Å². The van der Waals surface area contributed by atoms with Crippen LogP contribution in [0.1, 0.15) is 32.6 Å². The van der Waals surface area contributed by atoms with E-state index in [2.05, 4.69) is 0 Å². The molecule has 120 valence electrons. The lowest BCUT2D eigenvalue weighted by Gasteiger charge is -2.35. The number of ether oxygens (including phenoxy) is 1. The number of amides is 1. The number of hydrogen-bond acceptors (Lipinski definition) is 4. The smallest absolute Gasteiger partial charge is 0.328 e. The lowest BCUT2D eigenvalue weighted by Crippen LogP contribution is -2.49. The van der Waals surface area contributed by atoms with Crippen molar-refractivity contribution in [2.75, 3.05) is 7.11 Å². The monoisotopic (exact) mass is 305 g/mol. The number of esters is 1. The quantitative estimate of drug-likeness (QED) is 0.809. The predicted molar refractivity (Wildman–Crippen MR) is 82.2 cm³/mol. The summed E-state index contributed by atoms with van der Waals surface area (Å²) in [6, 6.07) is 8.65. The molecule has 0 bridgehead atoms.